The number of rotatable bonds is 9. The standard InChI is InChI=1S/C27H25N5O5S/c1-36-22-11-5-2-7-17(22)14-28-23(33)13-21-26(35)31-25-19-9-3-4-10-20(19)30-27(32(21)25)38-16-24(34)29-15-18-8-6-12-37-18/h2-12,21H,13-16H2,1H3,(H,28,33)(H,29,34). The molecule has 10 nitrogen and oxygen atoms in total. The molecule has 194 valence electrons. The van der Waals surface area contributed by atoms with E-state index in [1.165, 1.54) is 11.8 Å². The molecule has 0 fully saturated rings. The maximum atomic E-state index is 13.0. The Balaban J connectivity index is 1.29. The Labute approximate surface area is 223 Å². The first-order valence-corrected chi connectivity index (χ1v) is 12.9. The number of amidine groups is 2. The van der Waals surface area contributed by atoms with Crippen molar-refractivity contribution in [2.45, 2.75) is 25.6 Å². The fourth-order valence-corrected chi connectivity index (χ4v) is 5.05. The number of hydrogen-bond acceptors (Lipinski definition) is 8. The molecule has 3 aromatic rings. The van der Waals surface area contributed by atoms with Crippen LogP contribution in [0.2, 0.25) is 0 Å². The van der Waals surface area contributed by atoms with E-state index in [1.807, 2.05) is 48.5 Å². The van der Waals surface area contributed by atoms with Crippen LogP contribution in [0.3, 0.4) is 0 Å². The van der Waals surface area contributed by atoms with Crippen molar-refractivity contribution in [1.82, 2.24) is 15.5 Å². The summed E-state index contributed by atoms with van der Waals surface area (Å²) in [5.41, 5.74) is 2.17. The number of thioether (sulfide) groups is 1. The number of aliphatic imine (C=N–C) groups is 2. The molecule has 1 unspecified atom stereocenters. The quantitative estimate of drug-likeness (QED) is 0.435. The van der Waals surface area contributed by atoms with Crippen molar-refractivity contribution in [3.8, 4) is 5.75 Å². The van der Waals surface area contributed by atoms with Gasteiger partial charge in [-0.3, -0.25) is 19.3 Å². The minimum atomic E-state index is -0.867. The fraction of sp³-hybridized carbons (Fsp3) is 0.222. The summed E-state index contributed by atoms with van der Waals surface area (Å²) in [6, 6.07) is 17.4. The summed E-state index contributed by atoms with van der Waals surface area (Å²) in [5, 5.41) is 6.10. The number of nitrogens with zero attached hydrogens (tertiary/aromatic N) is 3. The summed E-state index contributed by atoms with van der Waals surface area (Å²) in [6.45, 7) is 0.525. The average molecular weight is 532 g/mol. The van der Waals surface area contributed by atoms with E-state index in [2.05, 4.69) is 15.6 Å². The molecular weight excluding hydrogens is 506 g/mol. The Bertz CT molecular complexity index is 1420. The summed E-state index contributed by atoms with van der Waals surface area (Å²) in [4.78, 5) is 49.0. The normalized spacial score (nSPS) is 15.8. The van der Waals surface area contributed by atoms with Gasteiger partial charge in [0.1, 0.15) is 23.4 Å². The Kier molecular flexibility index (Phi) is 7.55. The zero-order chi connectivity index (χ0) is 26.5. The first-order chi connectivity index (χ1) is 18.5. The van der Waals surface area contributed by atoms with Crippen molar-refractivity contribution in [3.05, 3.63) is 83.8 Å². The van der Waals surface area contributed by atoms with Crippen molar-refractivity contribution >= 4 is 46.2 Å². The summed E-state index contributed by atoms with van der Waals surface area (Å²) in [5.74, 6) is 0.839. The second-order valence-corrected chi connectivity index (χ2v) is 9.45. The van der Waals surface area contributed by atoms with Gasteiger partial charge in [0.05, 0.1) is 37.8 Å². The highest BCUT2D eigenvalue weighted by Crippen LogP contribution is 2.34. The van der Waals surface area contributed by atoms with E-state index in [1.54, 1.807) is 30.4 Å². The van der Waals surface area contributed by atoms with Crippen LogP contribution in [0.5, 0.6) is 5.75 Å². The highest BCUT2D eigenvalue weighted by atomic mass is 32.2. The van der Waals surface area contributed by atoms with Crippen molar-refractivity contribution in [2.75, 3.05) is 12.9 Å². The molecule has 2 aliphatic heterocycles. The van der Waals surface area contributed by atoms with E-state index in [0.29, 0.717) is 33.8 Å². The lowest BCUT2D eigenvalue weighted by Gasteiger charge is -2.30. The third-order valence-electron chi connectivity index (χ3n) is 6.03. The maximum absolute atomic E-state index is 13.0. The third kappa shape index (κ3) is 5.47. The molecule has 0 saturated heterocycles. The van der Waals surface area contributed by atoms with Crippen molar-refractivity contribution in [1.29, 1.82) is 0 Å². The SMILES string of the molecule is COc1ccccc1CNC(=O)CC1C(=O)N=C2c3ccccc3N=C(SCC(=O)NCc3ccco3)N21. The molecule has 11 heteroatoms. The van der Waals surface area contributed by atoms with Gasteiger partial charge in [-0.1, -0.05) is 42.1 Å². The summed E-state index contributed by atoms with van der Waals surface area (Å²) in [6.07, 6.45) is 1.43. The van der Waals surface area contributed by atoms with E-state index >= 15 is 0 Å². The summed E-state index contributed by atoms with van der Waals surface area (Å²) >= 11 is 1.18. The van der Waals surface area contributed by atoms with Crippen LogP contribution in [0.25, 0.3) is 0 Å². The number of hydrogen-bond donors (Lipinski definition) is 2. The summed E-state index contributed by atoms with van der Waals surface area (Å²) in [7, 11) is 1.57. The van der Waals surface area contributed by atoms with E-state index < -0.39 is 11.9 Å². The largest absolute Gasteiger partial charge is 0.496 e. The predicted octanol–water partition coefficient (Wildman–Crippen LogP) is 3.00. The number of furan rings is 1. The second kappa shape index (κ2) is 11.3. The predicted molar refractivity (Wildman–Crippen MR) is 143 cm³/mol. The van der Waals surface area contributed by atoms with Gasteiger partial charge >= 0.3 is 0 Å². The Morgan fingerprint density at radius 2 is 1.79 bits per heavy atom. The third-order valence-corrected chi connectivity index (χ3v) is 6.98. The van der Waals surface area contributed by atoms with Crippen LogP contribution in [0.15, 0.2) is 81.3 Å². The van der Waals surface area contributed by atoms with Gasteiger partial charge in [0.25, 0.3) is 5.91 Å². The Morgan fingerprint density at radius 1 is 1.00 bits per heavy atom. The van der Waals surface area contributed by atoms with Gasteiger partial charge < -0.3 is 19.8 Å². The molecule has 2 aliphatic rings. The van der Waals surface area contributed by atoms with Crippen LogP contribution in [-0.4, -0.2) is 52.5 Å². The first-order valence-electron chi connectivity index (χ1n) is 11.9. The molecule has 0 radical (unpaired) electrons. The smallest absolute Gasteiger partial charge is 0.271 e. The van der Waals surface area contributed by atoms with Gasteiger partial charge in [-0.15, -0.1) is 0 Å². The molecule has 38 heavy (non-hydrogen) atoms. The minimum absolute atomic E-state index is 0.0619. The molecule has 5 rings (SSSR count). The minimum Gasteiger partial charge on any atom is -0.496 e. The van der Waals surface area contributed by atoms with Crippen LogP contribution in [-0.2, 0) is 27.5 Å². The van der Waals surface area contributed by atoms with Crippen LogP contribution in [0.4, 0.5) is 5.69 Å². The van der Waals surface area contributed by atoms with E-state index in [4.69, 9.17) is 14.1 Å². The van der Waals surface area contributed by atoms with Crippen molar-refractivity contribution in [3.63, 3.8) is 0 Å². The highest BCUT2D eigenvalue weighted by molar-refractivity contribution is 8.14. The Hall–Kier alpha value is -4.38. The first kappa shape index (κ1) is 25.3. The van der Waals surface area contributed by atoms with E-state index in [9.17, 15) is 14.4 Å². The van der Waals surface area contributed by atoms with Crippen LogP contribution < -0.4 is 15.4 Å². The molecule has 2 N–H and O–H groups in total. The lowest BCUT2D eigenvalue weighted by Crippen LogP contribution is -2.46. The molecular formula is C27H25N5O5S. The molecule has 3 heterocycles. The number of carbonyl (C=O) groups excluding carboxylic acids is 3. The maximum Gasteiger partial charge on any atom is 0.271 e. The number of amides is 3. The molecule has 1 atom stereocenters. The molecule has 0 saturated carbocycles. The van der Waals surface area contributed by atoms with Crippen molar-refractivity contribution in [2.24, 2.45) is 9.98 Å². The zero-order valence-corrected chi connectivity index (χ0v) is 21.4. The van der Waals surface area contributed by atoms with E-state index in [-0.39, 0.29) is 37.1 Å². The summed E-state index contributed by atoms with van der Waals surface area (Å²) < 4.78 is 10.6. The van der Waals surface area contributed by atoms with Crippen LogP contribution in [0.1, 0.15) is 23.3 Å². The average Bonchev–Trinajstić information content (AvgIpc) is 3.57. The van der Waals surface area contributed by atoms with E-state index in [0.717, 1.165) is 5.56 Å². The number of carbonyl (C=O) groups is 3. The molecule has 0 aliphatic carbocycles. The molecule has 0 spiro atoms. The lowest BCUT2D eigenvalue weighted by atomic mass is 10.1. The number of ether oxygens (including phenoxy) is 1. The molecule has 3 amide bonds. The number of nitrogens with one attached hydrogen (secondary N) is 2. The van der Waals surface area contributed by atoms with Gasteiger partial charge in [-0.2, -0.15) is 4.99 Å². The van der Waals surface area contributed by atoms with Gasteiger partial charge in [-0.25, -0.2) is 4.99 Å². The number of benzene rings is 2. The number of methoxy groups -OCH3 is 1. The molecule has 0 bridgehead atoms. The topological polar surface area (TPSA) is 126 Å². The highest BCUT2D eigenvalue weighted by Gasteiger charge is 2.42. The Morgan fingerprint density at radius 3 is 2.61 bits per heavy atom. The zero-order valence-electron chi connectivity index (χ0n) is 20.5. The van der Waals surface area contributed by atoms with Gasteiger partial charge in [0, 0.05) is 17.7 Å². The van der Waals surface area contributed by atoms with Crippen molar-refractivity contribution < 1.29 is 23.5 Å². The van der Waals surface area contributed by atoms with Gasteiger partial charge in [0.15, 0.2) is 5.17 Å². The monoisotopic (exact) mass is 531 g/mol. The van der Waals surface area contributed by atoms with Gasteiger partial charge in [-0.05, 0) is 30.3 Å². The lowest BCUT2D eigenvalue weighted by molar-refractivity contribution is -0.126. The number of para-hydroxylation sites is 2. The van der Waals surface area contributed by atoms with Crippen LogP contribution in [0, 0.1) is 0 Å². The molecule has 2 aromatic carbocycles. The fourth-order valence-electron chi connectivity index (χ4n) is 4.17. The second-order valence-electron chi connectivity index (χ2n) is 8.51. The molecule has 1 aromatic heterocycles. The number of fused-ring (bicyclic) bond motifs is 3. The van der Waals surface area contributed by atoms with Crippen LogP contribution >= 0.6 is 11.8 Å². The van der Waals surface area contributed by atoms with Gasteiger partial charge in [0.2, 0.25) is 11.8 Å².